The summed E-state index contributed by atoms with van der Waals surface area (Å²) in [4.78, 5) is 31.0. The number of carbonyl (C=O) groups is 2. The smallest absolute Gasteiger partial charge is 0.253 e. The molecule has 3 N–H and O–H groups in total. The SMILES string of the molecule is C=CC(=O)N1C[C@@H](n2cc(C#Cc3ccc4c(c3)ncn4C3CC3)c(C(N)=O)c2NC)C/C1=C\OC. The van der Waals surface area contributed by atoms with Crippen LogP contribution in [0.1, 0.15) is 52.8 Å². The van der Waals surface area contributed by atoms with Gasteiger partial charge in [-0.05, 0) is 37.1 Å². The normalized spacial score (nSPS) is 18.2. The van der Waals surface area contributed by atoms with E-state index in [0.717, 1.165) is 22.3 Å². The summed E-state index contributed by atoms with van der Waals surface area (Å²) in [5, 5.41) is 3.10. The number of hydrogen-bond acceptors (Lipinski definition) is 5. The van der Waals surface area contributed by atoms with Gasteiger partial charge in [0.15, 0.2) is 0 Å². The number of carbonyl (C=O) groups excluding carboxylic acids is 2. The molecular weight excluding hydrogens is 456 g/mol. The lowest BCUT2D eigenvalue weighted by atomic mass is 10.1. The van der Waals surface area contributed by atoms with Gasteiger partial charge < -0.3 is 29.8 Å². The molecule has 9 heteroatoms. The van der Waals surface area contributed by atoms with Crippen molar-refractivity contribution in [3.05, 3.63) is 72.0 Å². The second-order valence-electron chi connectivity index (χ2n) is 8.98. The highest BCUT2D eigenvalue weighted by molar-refractivity contribution is 6.01. The monoisotopic (exact) mass is 484 g/mol. The predicted octanol–water partition coefficient (Wildman–Crippen LogP) is 3.16. The second kappa shape index (κ2) is 9.30. The number of allylic oxidation sites excluding steroid dienone is 1. The van der Waals surface area contributed by atoms with Crippen LogP contribution in [-0.4, -0.2) is 51.5 Å². The van der Waals surface area contributed by atoms with Gasteiger partial charge in [0.2, 0.25) is 5.91 Å². The van der Waals surface area contributed by atoms with Crippen LogP contribution < -0.4 is 11.1 Å². The average Bonchev–Trinajstić information content (AvgIpc) is 3.33. The number of amides is 2. The summed E-state index contributed by atoms with van der Waals surface area (Å²) in [5.74, 6) is 6.06. The number of benzene rings is 1. The number of methoxy groups -OCH3 is 1. The minimum Gasteiger partial charge on any atom is -0.503 e. The summed E-state index contributed by atoms with van der Waals surface area (Å²) in [7, 11) is 3.27. The van der Waals surface area contributed by atoms with Gasteiger partial charge in [0, 0.05) is 37.8 Å². The Kier molecular flexibility index (Phi) is 6.02. The first kappa shape index (κ1) is 23.3. The number of ether oxygens (including phenoxy) is 1. The molecule has 5 rings (SSSR count). The van der Waals surface area contributed by atoms with Gasteiger partial charge in [-0.15, -0.1) is 0 Å². The Balaban J connectivity index is 1.50. The molecule has 2 amide bonds. The van der Waals surface area contributed by atoms with E-state index in [0.29, 0.717) is 36.0 Å². The molecule has 2 aromatic heterocycles. The molecule has 9 nitrogen and oxygen atoms in total. The number of imidazole rings is 1. The molecule has 1 saturated heterocycles. The molecule has 1 aliphatic heterocycles. The van der Waals surface area contributed by atoms with Crippen molar-refractivity contribution in [3.8, 4) is 11.8 Å². The molecule has 1 atom stereocenters. The molecule has 0 radical (unpaired) electrons. The van der Waals surface area contributed by atoms with Crippen molar-refractivity contribution in [1.82, 2.24) is 19.0 Å². The number of hydrogen-bond donors (Lipinski definition) is 2. The van der Waals surface area contributed by atoms with Gasteiger partial charge in [-0.3, -0.25) is 9.59 Å². The summed E-state index contributed by atoms with van der Waals surface area (Å²) in [6.07, 6.45) is 9.45. The quantitative estimate of drug-likeness (QED) is 0.318. The van der Waals surface area contributed by atoms with E-state index in [2.05, 4.69) is 33.3 Å². The van der Waals surface area contributed by atoms with Gasteiger partial charge in [0.1, 0.15) is 12.1 Å². The third-order valence-electron chi connectivity index (χ3n) is 6.65. The number of nitrogens with one attached hydrogen (secondary N) is 1. The van der Waals surface area contributed by atoms with E-state index >= 15 is 0 Å². The van der Waals surface area contributed by atoms with Crippen LogP contribution >= 0.6 is 0 Å². The van der Waals surface area contributed by atoms with Crippen molar-refractivity contribution < 1.29 is 14.3 Å². The van der Waals surface area contributed by atoms with Crippen molar-refractivity contribution in [2.45, 2.75) is 31.3 Å². The molecular formula is C27H28N6O3. The maximum atomic E-state index is 12.5. The van der Waals surface area contributed by atoms with Crippen LogP contribution in [0.15, 0.2) is 55.3 Å². The van der Waals surface area contributed by atoms with Crippen molar-refractivity contribution in [1.29, 1.82) is 0 Å². The van der Waals surface area contributed by atoms with E-state index in [9.17, 15) is 9.59 Å². The van der Waals surface area contributed by atoms with Crippen LogP contribution in [0, 0.1) is 11.8 Å². The zero-order chi connectivity index (χ0) is 25.4. The number of nitrogens with zero attached hydrogens (tertiary/aromatic N) is 4. The number of fused-ring (bicyclic) bond motifs is 1. The van der Waals surface area contributed by atoms with E-state index in [1.807, 2.05) is 35.3 Å². The Morgan fingerprint density at radius 1 is 1.25 bits per heavy atom. The molecule has 3 heterocycles. The third kappa shape index (κ3) is 4.11. The number of likely N-dealkylation sites (tertiary alicyclic amines) is 1. The Labute approximate surface area is 209 Å². The highest BCUT2D eigenvalue weighted by atomic mass is 16.5. The molecule has 1 saturated carbocycles. The van der Waals surface area contributed by atoms with Crippen molar-refractivity contribution in [3.63, 3.8) is 0 Å². The van der Waals surface area contributed by atoms with Gasteiger partial charge in [0.05, 0.1) is 47.3 Å². The van der Waals surface area contributed by atoms with Crippen molar-refractivity contribution in [2.24, 2.45) is 5.73 Å². The maximum Gasteiger partial charge on any atom is 0.253 e. The van der Waals surface area contributed by atoms with Crippen LogP contribution in [0.5, 0.6) is 0 Å². The Hall–Kier alpha value is -4.45. The molecule has 36 heavy (non-hydrogen) atoms. The summed E-state index contributed by atoms with van der Waals surface area (Å²) in [5.41, 5.74) is 10.1. The lowest BCUT2D eigenvalue weighted by Crippen LogP contribution is -2.26. The fourth-order valence-corrected chi connectivity index (χ4v) is 4.82. The predicted molar refractivity (Wildman–Crippen MR) is 137 cm³/mol. The number of rotatable bonds is 6. The summed E-state index contributed by atoms with van der Waals surface area (Å²) >= 11 is 0. The molecule has 0 unspecified atom stereocenters. The molecule has 1 aromatic carbocycles. The van der Waals surface area contributed by atoms with Crippen LogP contribution in [0.4, 0.5) is 5.82 Å². The highest BCUT2D eigenvalue weighted by Crippen LogP contribution is 2.37. The third-order valence-corrected chi connectivity index (χ3v) is 6.65. The zero-order valence-electron chi connectivity index (χ0n) is 20.3. The summed E-state index contributed by atoms with van der Waals surface area (Å²) < 4.78 is 9.31. The molecule has 0 spiro atoms. The first-order chi connectivity index (χ1) is 17.4. The molecule has 2 fully saturated rings. The van der Waals surface area contributed by atoms with Crippen LogP contribution in [0.25, 0.3) is 11.0 Å². The first-order valence-corrected chi connectivity index (χ1v) is 11.8. The van der Waals surface area contributed by atoms with Crippen molar-refractivity contribution >= 4 is 28.7 Å². The van der Waals surface area contributed by atoms with Gasteiger partial charge in [0.25, 0.3) is 5.91 Å². The molecule has 2 aliphatic rings. The largest absolute Gasteiger partial charge is 0.503 e. The van der Waals surface area contributed by atoms with Crippen molar-refractivity contribution in [2.75, 3.05) is 26.0 Å². The molecule has 184 valence electrons. The standard InChI is InChI=1S/C27H28N6O3/c1-4-24(34)31-14-20(12-21(31)15-36-3)32-13-18(25(26(28)35)27(32)29-2)7-5-17-6-10-23-22(11-17)30-16-33(23)19-8-9-19/h4,6,10-11,13,15-16,19-20,29H,1,8-9,12,14H2,2-3H3,(H2,28,35)/b21-15+/t20-/m0/s1. The average molecular weight is 485 g/mol. The van der Waals surface area contributed by atoms with E-state index in [4.69, 9.17) is 10.5 Å². The zero-order valence-corrected chi connectivity index (χ0v) is 20.3. The second-order valence-corrected chi connectivity index (χ2v) is 8.98. The van der Waals surface area contributed by atoms with Crippen LogP contribution in [0.2, 0.25) is 0 Å². The van der Waals surface area contributed by atoms with Gasteiger partial charge in [-0.25, -0.2) is 4.98 Å². The fourth-order valence-electron chi connectivity index (χ4n) is 4.82. The van der Waals surface area contributed by atoms with Crippen LogP contribution in [-0.2, 0) is 9.53 Å². The van der Waals surface area contributed by atoms with Gasteiger partial charge in [-0.2, -0.15) is 0 Å². The Bertz CT molecular complexity index is 1460. The molecule has 1 aliphatic carbocycles. The minimum atomic E-state index is -0.578. The highest BCUT2D eigenvalue weighted by Gasteiger charge is 2.34. The number of anilines is 1. The van der Waals surface area contributed by atoms with Crippen LogP contribution in [0.3, 0.4) is 0 Å². The Morgan fingerprint density at radius 3 is 2.72 bits per heavy atom. The van der Waals surface area contributed by atoms with Gasteiger partial charge in [-0.1, -0.05) is 18.4 Å². The van der Waals surface area contributed by atoms with Gasteiger partial charge >= 0.3 is 0 Å². The number of primary amides is 1. The van der Waals surface area contributed by atoms with E-state index in [-0.39, 0.29) is 11.9 Å². The number of aromatic nitrogens is 3. The van der Waals surface area contributed by atoms with E-state index < -0.39 is 5.91 Å². The lowest BCUT2D eigenvalue weighted by molar-refractivity contribution is -0.123. The Morgan fingerprint density at radius 2 is 2.06 bits per heavy atom. The lowest BCUT2D eigenvalue weighted by Gasteiger charge is -2.18. The molecule has 3 aromatic rings. The fraction of sp³-hybridized carbons (Fsp3) is 0.296. The topological polar surface area (TPSA) is 107 Å². The number of nitrogens with two attached hydrogens (primary N) is 1. The minimum absolute atomic E-state index is 0.144. The summed E-state index contributed by atoms with van der Waals surface area (Å²) in [6.45, 7) is 3.99. The van der Waals surface area contributed by atoms with E-state index in [1.165, 1.54) is 26.0 Å². The van der Waals surface area contributed by atoms with E-state index in [1.54, 1.807) is 18.2 Å². The summed E-state index contributed by atoms with van der Waals surface area (Å²) in [6, 6.07) is 6.37. The molecule has 0 bridgehead atoms. The first-order valence-electron chi connectivity index (χ1n) is 11.8. The maximum absolute atomic E-state index is 12.5.